The molecule has 0 spiro atoms. The monoisotopic (exact) mass is 383 g/mol. The highest BCUT2D eigenvalue weighted by molar-refractivity contribution is 5.99. The van der Waals surface area contributed by atoms with Gasteiger partial charge in [-0.2, -0.15) is 0 Å². The predicted molar refractivity (Wildman–Crippen MR) is 105 cm³/mol. The smallest absolute Gasteiger partial charge is 0.255 e. The van der Waals surface area contributed by atoms with Crippen molar-refractivity contribution in [3.8, 4) is 5.75 Å². The largest absolute Gasteiger partial charge is 0.496 e. The minimum atomic E-state index is -0.573. The molecule has 7 heteroatoms. The Hall–Kier alpha value is -1.79. The Bertz CT molecular complexity index is 624. The third kappa shape index (κ3) is 4.89. The number of rotatable bonds is 6. The number of halogens is 1. The van der Waals surface area contributed by atoms with Gasteiger partial charge in [-0.25, -0.2) is 0 Å². The average molecular weight is 384 g/mol. The lowest BCUT2D eigenvalue weighted by Crippen LogP contribution is -2.52. The van der Waals surface area contributed by atoms with Crippen LogP contribution in [0.4, 0.5) is 0 Å². The number of carbonyl (C=O) groups is 2. The number of ether oxygens (including phenoxy) is 1. The zero-order valence-electron chi connectivity index (χ0n) is 15.9. The topological polar surface area (TPSA) is 84.7 Å². The molecule has 146 valence electrons. The van der Waals surface area contributed by atoms with Crippen molar-refractivity contribution in [2.75, 3.05) is 20.2 Å². The van der Waals surface area contributed by atoms with E-state index < -0.39 is 6.04 Å². The first kappa shape index (κ1) is 22.3. The summed E-state index contributed by atoms with van der Waals surface area (Å²) in [6, 6.07) is 6.58. The van der Waals surface area contributed by atoms with Crippen molar-refractivity contribution in [3.63, 3.8) is 0 Å². The maximum Gasteiger partial charge on any atom is 0.255 e. The van der Waals surface area contributed by atoms with Gasteiger partial charge in [-0.15, -0.1) is 12.4 Å². The van der Waals surface area contributed by atoms with E-state index in [4.69, 9.17) is 10.5 Å². The number of likely N-dealkylation sites (tertiary alicyclic amines) is 1. The fraction of sp³-hybridized carbons (Fsp3) is 0.579. The normalized spacial score (nSPS) is 20.5. The third-order valence-electron chi connectivity index (χ3n) is 4.85. The fourth-order valence-electron chi connectivity index (χ4n) is 3.36. The van der Waals surface area contributed by atoms with Crippen LogP contribution in [0.15, 0.2) is 24.3 Å². The maximum atomic E-state index is 13.0. The van der Waals surface area contributed by atoms with Crippen molar-refractivity contribution >= 4 is 24.2 Å². The van der Waals surface area contributed by atoms with Gasteiger partial charge >= 0.3 is 0 Å². The molecular weight excluding hydrogens is 354 g/mol. The number of hydrogen-bond donors (Lipinski definition) is 2. The van der Waals surface area contributed by atoms with Gasteiger partial charge in [0.2, 0.25) is 5.91 Å². The van der Waals surface area contributed by atoms with Crippen LogP contribution >= 0.6 is 12.4 Å². The average Bonchev–Trinajstić information content (AvgIpc) is 2.99. The first-order valence-corrected chi connectivity index (χ1v) is 8.83. The summed E-state index contributed by atoms with van der Waals surface area (Å²) in [7, 11) is 1.52. The van der Waals surface area contributed by atoms with Gasteiger partial charge in [0.25, 0.3) is 5.91 Å². The molecule has 1 heterocycles. The molecule has 1 aromatic rings. The van der Waals surface area contributed by atoms with Gasteiger partial charge in [0, 0.05) is 12.6 Å². The van der Waals surface area contributed by atoms with E-state index in [9.17, 15) is 9.59 Å². The number of amides is 2. The van der Waals surface area contributed by atoms with Crippen LogP contribution in [-0.4, -0.2) is 49.0 Å². The third-order valence-corrected chi connectivity index (χ3v) is 4.85. The molecule has 0 aliphatic carbocycles. The van der Waals surface area contributed by atoms with Crippen molar-refractivity contribution in [1.29, 1.82) is 0 Å². The minimum Gasteiger partial charge on any atom is -0.496 e. The van der Waals surface area contributed by atoms with Crippen molar-refractivity contribution in [2.24, 2.45) is 17.6 Å². The fourth-order valence-corrected chi connectivity index (χ4v) is 3.36. The van der Waals surface area contributed by atoms with Crippen molar-refractivity contribution in [3.05, 3.63) is 29.8 Å². The molecule has 3 unspecified atom stereocenters. The summed E-state index contributed by atoms with van der Waals surface area (Å²) in [5.74, 6) is 0.466. The Balaban J connectivity index is 0.00000338. The first-order valence-electron chi connectivity index (χ1n) is 8.83. The number of hydrogen-bond acceptors (Lipinski definition) is 4. The molecular formula is C19H30ClN3O3. The van der Waals surface area contributed by atoms with Crippen molar-refractivity contribution in [1.82, 2.24) is 10.2 Å². The van der Waals surface area contributed by atoms with E-state index in [2.05, 4.69) is 5.32 Å². The number of nitrogens with one attached hydrogen (secondary N) is 1. The standard InChI is InChI=1S/C19H29N3O3.ClH/c1-12(2)17(19(24)22-11-14(10-20)9-13(22)3)21-18(23)15-7-5-6-8-16(15)25-4;/h5-8,12-14,17H,9-11,20H2,1-4H3,(H,21,23);1H. The summed E-state index contributed by atoms with van der Waals surface area (Å²) >= 11 is 0. The Morgan fingerprint density at radius 3 is 2.54 bits per heavy atom. The molecule has 1 aromatic carbocycles. The summed E-state index contributed by atoms with van der Waals surface area (Å²) in [6.45, 7) is 7.14. The molecule has 2 amide bonds. The van der Waals surface area contributed by atoms with E-state index in [1.165, 1.54) is 7.11 Å². The van der Waals surface area contributed by atoms with E-state index in [0.717, 1.165) is 6.42 Å². The van der Waals surface area contributed by atoms with Gasteiger partial charge in [0.1, 0.15) is 11.8 Å². The molecule has 1 saturated heterocycles. The molecule has 1 fully saturated rings. The van der Waals surface area contributed by atoms with Crippen LogP contribution in [0.2, 0.25) is 0 Å². The summed E-state index contributed by atoms with van der Waals surface area (Å²) < 4.78 is 5.24. The molecule has 0 aromatic heterocycles. The molecule has 0 radical (unpaired) electrons. The van der Waals surface area contributed by atoms with E-state index in [1.54, 1.807) is 24.3 Å². The minimum absolute atomic E-state index is 0. The lowest BCUT2D eigenvalue weighted by atomic mass is 10.0. The lowest BCUT2D eigenvalue weighted by molar-refractivity contribution is -0.135. The highest BCUT2D eigenvalue weighted by Crippen LogP contribution is 2.24. The Labute approximate surface area is 161 Å². The molecule has 2 rings (SSSR count). The zero-order chi connectivity index (χ0) is 18.6. The van der Waals surface area contributed by atoms with Gasteiger partial charge in [-0.1, -0.05) is 26.0 Å². The second-order valence-corrected chi connectivity index (χ2v) is 7.07. The van der Waals surface area contributed by atoms with Crippen LogP contribution in [0, 0.1) is 11.8 Å². The molecule has 0 saturated carbocycles. The van der Waals surface area contributed by atoms with E-state index in [1.807, 2.05) is 25.7 Å². The summed E-state index contributed by atoms with van der Waals surface area (Å²) in [5, 5.41) is 2.90. The molecule has 3 N–H and O–H groups in total. The summed E-state index contributed by atoms with van der Waals surface area (Å²) in [5.41, 5.74) is 6.19. The number of benzene rings is 1. The van der Waals surface area contributed by atoms with Gasteiger partial charge in [0.05, 0.1) is 12.7 Å². The maximum absolute atomic E-state index is 13.0. The molecule has 1 aliphatic rings. The molecule has 26 heavy (non-hydrogen) atoms. The van der Waals surface area contributed by atoms with E-state index in [-0.39, 0.29) is 36.2 Å². The van der Waals surface area contributed by atoms with Crippen LogP contribution in [0.25, 0.3) is 0 Å². The van der Waals surface area contributed by atoms with Crippen LogP contribution in [0.1, 0.15) is 37.6 Å². The SMILES string of the molecule is COc1ccccc1C(=O)NC(C(=O)N1CC(CN)CC1C)C(C)C.Cl. The number of methoxy groups -OCH3 is 1. The highest BCUT2D eigenvalue weighted by Gasteiger charge is 2.37. The van der Waals surface area contributed by atoms with Crippen LogP contribution in [-0.2, 0) is 4.79 Å². The Morgan fingerprint density at radius 1 is 1.35 bits per heavy atom. The summed E-state index contributed by atoms with van der Waals surface area (Å²) in [6.07, 6.45) is 0.910. The van der Waals surface area contributed by atoms with Crippen LogP contribution in [0.5, 0.6) is 5.75 Å². The van der Waals surface area contributed by atoms with E-state index in [0.29, 0.717) is 30.3 Å². The van der Waals surface area contributed by atoms with Crippen LogP contribution < -0.4 is 15.8 Å². The van der Waals surface area contributed by atoms with Crippen LogP contribution in [0.3, 0.4) is 0 Å². The van der Waals surface area contributed by atoms with Gasteiger partial charge in [-0.3, -0.25) is 9.59 Å². The van der Waals surface area contributed by atoms with Crippen molar-refractivity contribution in [2.45, 2.75) is 39.3 Å². The molecule has 3 atom stereocenters. The van der Waals surface area contributed by atoms with E-state index >= 15 is 0 Å². The first-order chi connectivity index (χ1) is 11.9. The highest BCUT2D eigenvalue weighted by atomic mass is 35.5. The quantitative estimate of drug-likeness (QED) is 0.787. The number of nitrogens with two attached hydrogens (primary N) is 1. The molecule has 6 nitrogen and oxygen atoms in total. The second-order valence-electron chi connectivity index (χ2n) is 7.07. The van der Waals surface area contributed by atoms with Gasteiger partial charge < -0.3 is 20.7 Å². The zero-order valence-corrected chi connectivity index (χ0v) is 16.7. The Kier molecular flexibility index (Phi) is 8.37. The van der Waals surface area contributed by atoms with Gasteiger partial charge in [0.15, 0.2) is 0 Å². The second kappa shape index (κ2) is 9.78. The van der Waals surface area contributed by atoms with Crippen molar-refractivity contribution < 1.29 is 14.3 Å². The Morgan fingerprint density at radius 2 is 2.00 bits per heavy atom. The summed E-state index contributed by atoms with van der Waals surface area (Å²) in [4.78, 5) is 27.5. The number of carbonyl (C=O) groups excluding carboxylic acids is 2. The van der Waals surface area contributed by atoms with Gasteiger partial charge in [-0.05, 0) is 43.9 Å². The lowest BCUT2D eigenvalue weighted by Gasteiger charge is -2.29. The predicted octanol–water partition coefficient (Wildman–Crippen LogP) is 2.07. The molecule has 0 bridgehead atoms. The molecule has 1 aliphatic heterocycles. The number of nitrogens with zero attached hydrogens (tertiary/aromatic N) is 1. The number of para-hydroxylation sites is 1.